The molecule has 2 amide bonds. The summed E-state index contributed by atoms with van der Waals surface area (Å²) in [6.07, 6.45) is 1.70. The van der Waals surface area contributed by atoms with Gasteiger partial charge in [0.2, 0.25) is 11.8 Å². The highest BCUT2D eigenvalue weighted by atomic mass is 16.5. The molecule has 0 unspecified atom stereocenters. The SMILES string of the molecule is COc1cc(CNC(=O)[C@H]2CCCN(C(=O)C(C)(C)C)C2)ccc1C. The van der Waals surface area contributed by atoms with Crippen LogP contribution in [0.3, 0.4) is 0 Å². The van der Waals surface area contributed by atoms with Crippen molar-refractivity contribution >= 4 is 11.8 Å². The first-order valence-corrected chi connectivity index (χ1v) is 8.93. The first-order valence-electron chi connectivity index (χ1n) is 8.93. The van der Waals surface area contributed by atoms with Crippen molar-refractivity contribution in [2.24, 2.45) is 11.3 Å². The molecule has 1 fully saturated rings. The van der Waals surface area contributed by atoms with Gasteiger partial charge in [-0.15, -0.1) is 0 Å². The summed E-state index contributed by atoms with van der Waals surface area (Å²) in [6, 6.07) is 5.94. The van der Waals surface area contributed by atoms with Crippen molar-refractivity contribution in [2.75, 3.05) is 20.2 Å². The molecule has 1 aliphatic heterocycles. The Hall–Kier alpha value is -2.04. The molecule has 1 aromatic carbocycles. The van der Waals surface area contributed by atoms with E-state index in [1.807, 2.05) is 50.8 Å². The van der Waals surface area contributed by atoms with Crippen molar-refractivity contribution in [3.05, 3.63) is 29.3 Å². The second-order valence-electron chi connectivity index (χ2n) is 7.86. The van der Waals surface area contributed by atoms with Crippen LogP contribution in [0.1, 0.15) is 44.7 Å². The predicted octanol–water partition coefficient (Wildman–Crippen LogP) is 2.90. The van der Waals surface area contributed by atoms with Crippen LogP contribution in [0.25, 0.3) is 0 Å². The number of carbonyl (C=O) groups is 2. The third-order valence-corrected chi connectivity index (χ3v) is 4.66. The molecule has 0 radical (unpaired) electrons. The van der Waals surface area contributed by atoms with Crippen LogP contribution in [0.5, 0.6) is 5.75 Å². The van der Waals surface area contributed by atoms with E-state index in [9.17, 15) is 9.59 Å². The summed E-state index contributed by atoms with van der Waals surface area (Å²) in [5, 5.41) is 3.01. The Morgan fingerprint density at radius 2 is 2.04 bits per heavy atom. The number of piperidine rings is 1. The lowest BCUT2D eigenvalue weighted by molar-refractivity contribution is -0.142. The second kappa shape index (κ2) is 7.89. The predicted molar refractivity (Wildman–Crippen MR) is 98.3 cm³/mol. The van der Waals surface area contributed by atoms with E-state index in [0.717, 1.165) is 36.3 Å². The zero-order valence-corrected chi connectivity index (χ0v) is 16.0. The van der Waals surface area contributed by atoms with Crippen molar-refractivity contribution in [2.45, 2.75) is 47.1 Å². The number of likely N-dealkylation sites (tertiary alicyclic amines) is 1. The van der Waals surface area contributed by atoms with Gasteiger partial charge in [-0.1, -0.05) is 32.9 Å². The fraction of sp³-hybridized carbons (Fsp3) is 0.600. The molecular formula is C20H30N2O3. The molecule has 5 nitrogen and oxygen atoms in total. The zero-order chi connectivity index (χ0) is 18.6. The van der Waals surface area contributed by atoms with Gasteiger partial charge in [-0.3, -0.25) is 9.59 Å². The molecule has 25 heavy (non-hydrogen) atoms. The van der Waals surface area contributed by atoms with Crippen LogP contribution in [0, 0.1) is 18.3 Å². The lowest BCUT2D eigenvalue weighted by Gasteiger charge is -2.35. The highest BCUT2D eigenvalue weighted by Crippen LogP contribution is 2.24. The van der Waals surface area contributed by atoms with Gasteiger partial charge in [-0.25, -0.2) is 0 Å². The molecule has 1 atom stereocenters. The minimum absolute atomic E-state index is 0.0194. The van der Waals surface area contributed by atoms with E-state index in [0.29, 0.717) is 13.1 Å². The minimum atomic E-state index is -0.406. The van der Waals surface area contributed by atoms with Gasteiger partial charge in [0.15, 0.2) is 0 Å². The number of nitrogens with zero attached hydrogens (tertiary/aromatic N) is 1. The number of nitrogens with one attached hydrogen (secondary N) is 1. The maximum atomic E-state index is 12.5. The number of aryl methyl sites for hydroxylation is 1. The van der Waals surface area contributed by atoms with Gasteiger partial charge < -0.3 is 15.0 Å². The maximum absolute atomic E-state index is 12.5. The average molecular weight is 346 g/mol. The van der Waals surface area contributed by atoms with E-state index in [-0.39, 0.29) is 17.7 Å². The average Bonchev–Trinajstić information content (AvgIpc) is 2.59. The van der Waals surface area contributed by atoms with E-state index < -0.39 is 5.41 Å². The molecule has 138 valence electrons. The smallest absolute Gasteiger partial charge is 0.227 e. The fourth-order valence-corrected chi connectivity index (χ4v) is 3.16. The summed E-state index contributed by atoms with van der Waals surface area (Å²) < 4.78 is 5.32. The van der Waals surface area contributed by atoms with Gasteiger partial charge in [0.05, 0.1) is 13.0 Å². The van der Waals surface area contributed by atoms with Crippen molar-refractivity contribution in [1.29, 1.82) is 0 Å². The fourth-order valence-electron chi connectivity index (χ4n) is 3.16. The zero-order valence-electron chi connectivity index (χ0n) is 16.0. The van der Waals surface area contributed by atoms with Crippen molar-refractivity contribution < 1.29 is 14.3 Å². The molecule has 0 aromatic heterocycles. The van der Waals surface area contributed by atoms with Crippen molar-refractivity contribution in [3.8, 4) is 5.75 Å². The van der Waals surface area contributed by atoms with Crippen LogP contribution in [-0.4, -0.2) is 36.9 Å². The quantitative estimate of drug-likeness (QED) is 0.912. The molecule has 0 spiro atoms. The molecule has 0 bridgehead atoms. The van der Waals surface area contributed by atoms with E-state index in [4.69, 9.17) is 4.74 Å². The van der Waals surface area contributed by atoms with Crippen LogP contribution in [0.2, 0.25) is 0 Å². The number of methoxy groups -OCH3 is 1. The first-order chi connectivity index (χ1) is 11.7. The van der Waals surface area contributed by atoms with E-state index in [1.54, 1.807) is 7.11 Å². The molecule has 0 saturated carbocycles. The molecule has 5 heteroatoms. The second-order valence-corrected chi connectivity index (χ2v) is 7.86. The monoisotopic (exact) mass is 346 g/mol. The summed E-state index contributed by atoms with van der Waals surface area (Å²) >= 11 is 0. The first kappa shape index (κ1) is 19.3. The maximum Gasteiger partial charge on any atom is 0.227 e. The number of hydrogen-bond donors (Lipinski definition) is 1. The minimum Gasteiger partial charge on any atom is -0.496 e. The molecule has 1 saturated heterocycles. The number of hydrogen-bond acceptors (Lipinski definition) is 3. The Morgan fingerprint density at radius 1 is 1.32 bits per heavy atom. The lowest BCUT2D eigenvalue weighted by Crippen LogP contribution is -2.48. The Bertz CT molecular complexity index is 634. The van der Waals surface area contributed by atoms with E-state index in [1.165, 1.54) is 0 Å². The van der Waals surface area contributed by atoms with Gasteiger partial charge in [0.25, 0.3) is 0 Å². The molecule has 1 aliphatic rings. The Kier molecular flexibility index (Phi) is 6.09. The summed E-state index contributed by atoms with van der Waals surface area (Å²) in [6.45, 7) is 9.48. The van der Waals surface area contributed by atoms with Crippen LogP contribution in [0.4, 0.5) is 0 Å². The van der Waals surface area contributed by atoms with Gasteiger partial charge in [0, 0.05) is 25.0 Å². The van der Waals surface area contributed by atoms with E-state index in [2.05, 4.69) is 5.32 Å². The topological polar surface area (TPSA) is 58.6 Å². The molecule has 1 aromatic rings. The third-order valence-electron chi connectivity index (χ3n) is 4.66. The van der Waals surface area contributed by atoms with Gasteiger partial charge >= 0.3 is 0 Å². The number of amides is 2. The number of rotatable bonds is 4. The molecular weight excluding hydrogens is 316 g/mol. The normalized spacial score (nSPS) is 18.0. The lowest BCUT2D eigenvalue weighted by atomic mass is 9.91. The number of benzene rings is 1. The van der Waals surface area contributed by atoms with Gasteiger partial charge in [-0.2, -0.15) is 0 Å². The highest BCUT2D eigenvalue weighted by Gasteiger charge is 2.33. The van der Waals surface area contributed by atoms with Crippen LogP contribution >= 0.6 is 0 Å². The molecule has 1 heterocycles. The van der Waals surface area contributed by atoms with Crippen LogP contribution in [-0.2, 0) is 16.1 Å². The van der Waals surface area contributed by atoms with Crippen molar-refractivity contribution in [1.82, 2.24) is 10.2 Å². The van der Waals surface area contributed by atoms with Crippen LogP contribution in [0.15, 0.2) is 18.2 Å². The number of carbonyl (C=O) groups excluding carboxylic acids is 2. The largest absolute Gasteiger partial charge is 0.496 e. The van der Waals surface area contributed by atoms with Crippen LogP contribution < -0.4 is 10.1 Å². The Labute approximate surface area is 150 Å². The Morgan fingerprint density at radius 3 is 2.68 bits per heavy atom. The molecule has 1 N–H and O–H groups in total. The number of ether oxygens (including phenoxy) is 1. The Balaban J connectivity index is 1.93. The highest BCUT2D eigenvalue weighted by molar-refractivity contribution is 5.83. The molecule has 2 rings (SSSR count). The summed E-state index contributed by atoms with van der Waals surface area (Å²) in [7, 11) is 1.65. The van der Waals surface area contributed by atoms with Crippen molar-refractivity contribution in [3.63, 3.8) is 0 Å². The summed E-state index contributed by atoms with van der Waals surface area (Å²) in [5.41, 5.74) is 1.67. The van der Waals surface area contributed by atoms with E-state index >= 15 is 0 Å². The summed E-state index contributed by atoms with van der Waals surface area (Å²) in [4.78, 5) is 26.8. The van der Waals surface area contributed by atoms with Gasteiger partial charge in [-0.05, 0) is 37.0 Å². The third kappa shape index (κ3) is 4.97. The summed E-state index contributed by atoms with van der Waals surface area (Å²) in [5.74, 6) is 0.831. The standard InChI is InChI=1S/C20H30N2O3/c1-14-8-9-15(11-17(14)25-5)12-21-18(23)16-7-6-10-22(13-16)19(24)20(2,3)4/h8-9,11,16H,6-7,10,12-13H2,1-5H3,(H,21,23)/t16-/m0/s1. The molecule has 0 aliphatic carbocycles. The van der Waals surface area contributed by atoms with Gasteiger partial charge in [0.1, 0.15) is 5.75 Å².